The molecule has 0 saturated carbocycles. The van der Waals surface area contributed by atoms with Gasteiger partial charge in [0.15, 0.2) is 16.4 Å². The van der Waals surface area contributed by atoms with E-state index in [-0.39, 0.29) is 32.8 Å². The van der Waals surface area contributed by atoms with Crippen LogP contribution in [-0.2, 0) is 34.3 Å². The van der Waals surface area contributed by atoms with Gasteiger partial charge in [-0.3, -0.25) is 23.7 Å². The minimum Gasteiger partial charge on any atom is -0.477 e. The number of carboxylic acid groups (broad SMARTS) is 2. The van der Waals surface area contributed by atoms with Gasteiger partial charge in [-0.2, -0.15) is 0 Å². The molecule has 2 aliphatic rings. The van der Waals surface area contributed by atoms with E-state index in [0.29, 0.717) is 10.7 Å². The van der Waals surface area contributed by atoms with Crippen LogP contribution in [0.1, 0.15) is 53.5 Å². The Morgan fingerprint density at radius 2 is 1.53 bits per heavy atom. The molecule has 0 spiro atoms. The zero-order valence-corrected chi connectivity index (χ0v) is 38.5. The van der Waals surface area contributed by atoms with Crippen molar-refractivity contribution in [2.75, 3.05) is 23.1 Å². The van der Waals surface area contributed by atoms with E-state index in [4.69, 9.17) is 14.6 Å². The van der Waals surface area contributed by atoms with E-state index in [9.17, 15) is 39.0 Å². The summed E-state index contributed by atoms with van der Waals surface area (Å²) in [7, 11) is 0. The number of aromatic nitrogens is 2. The van der Waals surface area contributed by atoms with Crippen molar-refractivity contribution in [3.05, 3.63) is 146 Å². The highest BCUT2D eigenvalue weighted by Crippen LogP contribution is 2.43. The fourth-order valence-corrected chi connectivity index (χ4v) is 11.5. The van der Waals surface area contributed by atoms with Crippen LogP contribution >= 0.6 is 58.2 Å². The van der Waals surface area contributed by atoms with Gasteiger partial charge in [0.2, 0.25) is 0 Å². The van der Waals surface area contributed by atoms with Gasteiger partial charge in [0.1, 0.15) is 33.9 Å². The van der Waals surface area contributed by atoms with Crippen LogP contribution in [0.5, 0.6) is 0 Å². The molecule has 332 valence electrons. The number of rotatable bonds is 17. The lowest BCUT2D eigenvalue weighted by Crippen LogP contribution is -2.71. The number of carbonyl (C=O) groups is 5. The number of aliphatic carboxylic acids is 1. The van der Waals surface area contributed by atoms with Crippen LogP contribution in [0.25, 0.3) is 0 Å². The van der Waals surface area contributed by atoms with Gasteiger partial charge in [0.05, 0.1) is 4.21 Å². The molecular formula is C43H40N6O10S5. The number of H-pyrrole nitrogens is 1. The molecule has 4 heterocycles. The van der Waals surface area contributed by atoms with Gasteiger partial charge < -0.3 is 30.4 Å². The Hall–Kier alpha value is -5.87. The summed E-state index contributed by atoms with van der Waals surface area (Å²) in [5, 5.41) is 31.4. The molecule has 3 atom stereocenters. The molecule has 1 fully saturated rings. The summed E-state index contributed by atoms with van der Waals surface area (Å²) >= 11 is 5.17. The lowest BCUT2D eigenvalue weighted by atomic mass is 9.77. The van der Waals surface area contributed by atoms with Crippen LogP contribution in [-0.4, -0.2) is 100 Å². The predicted octanol–water partition coefficient (Wildman–Crippen LogP) is 6.28. The molecule has 5 aromatic rings. The maximum atomic E-state index is 14.4. The lowest BCUT2D eigenvalue weighted by molar-refractivity contribution is -0.162. The molecule has 2 aromatic heterocycles. The molecule has 2 aliphatic heterocycles. The van der Waals surface area contributed by atoms with Crippen molar-refractivity contribution < 1.29 is 43.8 Å². The number of ether oxygens (including phenoxy) is 1. The minimum atomic E-state index is -1.42. The second-order valence-corrected chi connectivity index (χ2v) is 20.0. The molecule has 5 N–H and O–H groups in total. The van der Waals surface area contributed by atoms with E-state index < -0.39 is 68.8 Å². The van der Waals surface area contributed by atoms with E-state index in [1.54, 1.807) is 32.4 Å². The number of nitrogens with zero attached hydrogens (tertiary/aromatic N) is 3. The molecule has 7 rings (SSSR count). The van der Waals surface area contributed by atoms with Crippen molar-refractivity contribution in [2.24, 2.45) is 5.16 Å². The van der Waals surface area contributed by atoms with Crippen LogP contribution < -0.4 is 16.2 Å². The Labute approximate surface area is 387 Å². The normalized spacial score (nSPS) is 16.9. The Morgan fingerprint density at radius 1 is 0.938 bits per heavy atom. The number of thioether (sulfide) groups is 3. The maximum Gasteiger partial charge on any atom is 0.361 e. The Bertz CT molecular complexity index is 2580. The highest BCUT2D eigenvalue weighted by atomic mass is 32.2. The quantitative estimate of drug-likeness (QED) is 0.0131. The third kappa shape index (κ3) is 9.63. The molecule has 1 saturated heterocycles. The molecule has 2 amide bonds. The minimum absolute atomic E-state index is 0.0150. The van der Waals surface area contributed by atoms with Crippen LogP contribution in [0.3, 0.4) is 0 Å². The number of thiazole rings is 1. The molecule has 3 aromatic carbocycles. The largest absolute Gasteiger partial charge is 0.477 e. The van der Waals surface area contributed by atoms with E-state index in [0.717, 1.165) is 56.6 Å². The van der Waals surface area contributed by atoms with Crippen LogP contribution in [0.2, 0.25) is 0 Å². The van der Waals surface area contributed by atoms with Crippen molar-refractivity contribution in [3.8, 4) is 0 Å². The number of fused-ring (bicyclic) bond motifs is 1. The topological polar surface area (TPSA) is 230 Å². The van der Waals surface area contributed by atoms with Crippen LogP contribution in [0.4, 0.5) is 5.13 Å². The van der Waals surface area contributed by atoms with E-state index in [1.165, 1.54) is 23.1 Å². The van der Waals surface area contributed by atoms with E-state index >= 15 is 0 Å². The van der Waals surface area contributed by atoms with Gasteiger partial charge in [-0.15, -0.1) is 46.6 Å². The first-order chi connectivity index (χ1) is 30.6. The smallest absolute Gasteiger partial charge is 0.361 e. The van der Waals surface area contributed by atoms with Crippen LogP contribution in [0.15, 0.2) is 122 Å². The number of nitrogens with one attached hydrogen (secondary N) is 3. The first-order valence-electron chi connectivity index (χ1n) is 19.3. The summed E-state index contributed by atoms with van der Waals surface area (Å²) in [5.74, 6) is -5.03. The Balaban J connectivity index is 1.20. The first-order valence-corrected chi connectivity index (χ1v) is 24.3. The number of hydrogen-bond acceptors (Lipinski definition) is 16. The average Bonchev–Trinajstić information content (AvgIpc) is 3.90. The molecule has 16 nitrogen and oxygen atoms in total. The van der Waals surface area contributed by atoms with Gasteiger partial charge in [-0.25, -0.2) is 19.4 Å². The summed E-state index contributed by atoms with van der Waals surface area (Å²) in [4.78, 5) is 89.1. The van der Waals surface area contributed by atoms with Crippen molar-refractivity contribution in [1.29, 1.82) is 0 Å². The molecule has 64 heavy (non-hydrogen) atoms. The van der Waals surface area contributed by atoms with Crippen molar-refractivity contribution in [1.82, 2.24) is 19.6 Å². The zero-order chi connectivity index (χ0) is 45.8. The zero-order valence-electron chi connectivity index (χ0n) is 34.4. The van der Waals surface area contributed by atoms with E-state index in [2.05, 4.69) is 20.2 Å². The highest BCUT2D eigenvalue weighted by Gasteiger charge is 2.54. The maximum absolute atomic E-state index is 14.4. The molecule has 21 heteroatoms. The third-order valence-corrected chi connectivity index (χ3v) is 14.8. The molecule has 0 radical (unpaired) electrons. The summed E-state index contributed by atoms with van der Waals surface area (Å²) in [6.07, 6.45) is 1.61. The Morgan fingerprint density at radius 3 is 2.06 bits per heavy atom. The van der Waals surface area contributed by atoms with Gasteiger partial charge in [0, 0.05) is 16.9 Å². The molecular weight excluding hydrogens is 921 g/mol. The number of carboxylic acids is 2. The fourth-order valence-electron chi connectivity index (χ4n) is 6.95. The summed E-state index contributed by atoms with van der Waals surface area (Å²) in [5.41, 5.74) is -1.89. The van der Waals surface area contributed by atoms with Gasteiger partial charge in [-0.1, -0.05) is 108 Å². The highest BCUT2D eigenvalue weighted by molar-refractivity contribution is 8.02. The van der Waals surface area contributed by atoms with Crippen molar-refractivity contribution >= 4 is 98.7 Å². The summed E-state index contributed by atoms with van der Waals surface area (Å²) in [6, 6.07) is 28.3. The average molecular weight is 961 g/mol. The predicted molar refractivity (Wildman–Crippen MR) is 248 cm³/mol. The second-order valence-electron chi connectivity index (χ2n) is 15.1. The van der Waals surface area contributed by atoms with Gasteiger partial charge >= 0.3 is 17.9 Å². The number of aromatic amines is 1. The second kappa shape index (κ2) is 19.5. The van der Waals surface area contributed by atoms with Gasteiger partial charge in [0.25, 0.3) is 22.8 Å². The van der Waals surface area contributed by atoms with Crippen LogP contribution in [0, 0.1) is 0 Å². The number of carbonyl (C=O) groups excluding carboxylic acids is 3. The number of benzene rings is 3. The number of amides is 2. The number of esters is 1. The monoisotopic (exact) mass is 960 g/mol. The lowest BCUT2D eigenvalue weighted by Gasteiger charge is -2.49. The Kier molecular flexibility index (Phi) is 14.0. The number of aromatic carboxylic acids is 1. The van der Waals surface area contributed by atoms with Crippen molar-refractivity contribution in [3.63, 3.8) is 0 Å². The third-order valence-electron chi connectivity index (χ3n) is 9.73. The van der Waals surface area contributed by atoms with E-state index in [1.807, 2.05) is 91.0 Å². The first kappa shape index (κ1) is 46.1. The molecule has 0 bridgehead atoms. The summed E-state index contributed by atoms with van der Waals surface area (Å²) < 4.78 is 8.05. The fraction of sp³-hybridized carbons (Fsp3) is 0.256. The molecule has 3 unspecified atom stereocenters. The SMILES string of the molecule is CSC(O/N=C(\C(=O)NC1C(=O)N2C(C(=O)O)=C(CSc3s[nH]c(=O)c3C(=O)O)CSC12)c1csc(NC(c2ccccc2)(c2ccccc2)c2ccccc2)n1)C(=O)OC(C)(C)C. The number of hydrogen-bond donors (Lipinski definition) is 5. The number of β-lactam (4-membered cyclic amide) rings is 1. The molecule has 0 aliphatic carbocycles. The standard InChI is InChI=1S/C43H40N6O10S5/c1-42(2,3)58-38(57)39(60-4)59-47-29(27-22-63-41(44-27)46-43(24-14-8-5-9-15-24,25-16-10-6-11-17-25)26-18-12-7-13-19-26)33(51)45-30-34(52)49-31(37(55)56)23(20-61-35(30)49)21-62-40-28(36(53)54)32(50)48-64-40/h5-19,22,30,35,39H,20-21H2,1-4H3,(H,44,46)(H,45,51)(H,48,50)(H,53,54)(H,55,56)/b47-29-. The number of oxime groups is 1. The van der Waals surface area contributed by atoms with Gasteiger partial charge in [-0.05, 0) is 49.3 Å². The van der Waals surface area contributed by atoms with Crippen molar-refractivity contribution in [2.45, 2.75) is 53.0 Å². The number of anilines is 1. The summed E-state index contributed by atoms with van der Waals surface area (Å²) in [6.45, 7) is 5.10.